The Kier molecular flexibility index (Phi) is 9.34. The summed E-state index contributed by atoms with van der Waals surface area (Å²) in [6.45, 7) is 34.7. The Labute approximate surface area is 236 Å². The van der Waals surface area contributed by atoms with Crippen LogP contribution in [0.1, 0.15) is 63.8 Å². The van der Waals surface area contributed by atoms with Gasteiger partial charge in [-0.05, 0) is 45.2 Å². The molecule has 0 atom stereocenters. The maximum Gasteiger partial charge on any atom is 0.144 e. The van der Waals surface area contributed by atoms with Gasteiger partial charge in [-0.3, -0.25) is 9.80 Å². The Hall–Kier alpha value is -1.61. The highest BCUT2D eigenvalue weighted by atomic mass is 28.3. The molecular weight excluding hydrogens is 497 g/mol. The van der Waals surface area contributed by atoms with E-state index in [1.807, 2.05) is 0 Å². The zero-order valence-corrected chi connectivity index (χ0v) is 28.6. The molecule has 0 bridgehead atoms. The first-order chi connectivity index (χ1) is 17.3. The van der Waals surface area contributed by atoms with Crippen molar-refractivity contribution in [1.29, 1.82) is 0 Å². The van der Waals surface area contributed by atoms with Gasteiger partial charge < -0.3 is 9.96 Å². The molecule has 1 aliphatic rings. The molecule has 1 heterocycles. The minimum Gasteiger partial charge on any atom is -0.410 e. The van der Waals surface area contributed by atoms with Crippen LogP contribution >= 0.6 is 0 Å². The molecule has 2 N–H and O–H groups in total. The van der Waals surface area contributed by atoms with E-state index >= 15 is 0 Å². The van der Waals surface area contributed by atoms with Gasteiger partial charge in [0.1, 0.15) is 16.5 Å². The van der Waals surface area contributed by atoms with Crippen LogP contribution in [0.2, 0.25) is 39.3 Å². The maximum atomic E-state index is 3.93. The van der Waals surface area contributed by atoms with Crippen molar-refractivity contribution in [3.05, 3.63) is 58.7 Å². The van der Waals surface area contributed by atoms with Gasteiger partial charge in [-0.15, -0.1) is 0 Å². The first-order valence-electron chi connectivity index (χ1n) is 14.6. The van der Waals surface area contributed by atoms with Crippen LogP contribution in [0, 0.1) is 0 Å². The van der Waals surface area contributed by atoms with Crippen LogP contribution in [0.5, 0.6) is 0 Å². The molecule has 2 aromatic rings. The van der Waals surface area contributed by atoms with Crippen molar-refractivity contribution in [3.63, 3.8) is 0 Å². The van der Waals surface area contributed by atoms with Crippen LogP contribution in [0.4, 0.5) is 11.4 Å². The fourth-order valence-electron chi connectivity index (χ4n) is 4.99. The van der Waals surface area contributed by atoms with E-state index < -0.39 is 16.5 Å². The van der Waals surface area contributed by atoms with Gasteiger partial charge in [0.15, 0.2) is 0 Å². The predicted octanol–water partition coefficient (Wildman–Crippen LogP) is 8.09. The molecule has 6 heteroatoms. The minimum atomic E-state index is -1.45. The molecule has 0 saturated carbocycles. The van der Waals surface area contributed by atoms with E-state index in [1.165, 1.54) is 33.6 Å². The number of hydrogen-bond donors (Lipinski definition) is 2. The van der Waals surface area contributed by atoms with E-state index in [2.05, 4.69) is 137 Å². The van der Waals surface area contributed by atoms with Crippen molar-refractivity contribution < 1.29 is 0 Å². The zero-order chi connectivity index (χ0) is 28.5. The van der Waals surface area contributed by atoms with Crippen molar-refractivity contribution in [2.45, 2.75) is 105 Å². The van der Waals surface area contributed by atoms with E-state index in [4.69, 9.17) is 0 Å². The molecule has 1 fully saturated rings. The van der Waals surface area contributed by atoms with Crippen LogP contribution in [0.15, 0.2) is 36.4 Å². The third kappa shape index (κ3) is 9.25. The van der Waals surface area contributed by atoms with Crippen LogP contribution in [0.3, 0.4) is 0 Å². The number of hydrogen-bond acceptors (Lipinski definition) is 4. The lowest BCUT2D eigenvalue weighted by atomic mass is 9.86. The third-order valence-corrected chi connectivity index (χ3v) is 9.26. The second-order valence-electron chi connectivity index (χ2n) is 15.5. The fourth-order valence-corrected chi connectivity index (χ4v) is 7.07. The highest BCUT2D eigenvalue weighted by molar-refractivity contribution is 6.79. The summed E-state index contributed by atoms with van der Waals surface area (Å²) in [7, 11) is -2.90. The largest absolute Gasteiger partial charge is 0.410 e. The lowest BCUT2D eigenvalue weighted by molar-refractivity contribution is 0.122. The van der Waals surface area contributed by atoms with E-state index in [0.29, 0.717) is 0 Å². The van der Waals surface area contributed by atoms with Gasteiger partial charge in [0.25, 0.3) is 0 Å². The monoisotopic (exact) mass is 552 g/mol. The van der Waals surface area contributed by atoms with Crippen LogP contribution in [0.25, 0.3) is 0 Å². The molecule has 4 nitrogen and oxygen atoms in total. The molecule has 0 unspecified atom stereocenters. The lowest BCUT2D eigenvalue weighted by Crippen LogP contribution is -2.45. The molecule has 1 aliphatic heterocycles. The normalized spacial score (nSPS) is 16.5. The summed E-state index contributed by atoms with van der Waals surface area (Å²) in [5.41, 5.74) is 8.71. The Morgan fingerprint density at radius 3 is 1.16 bits per heavy atom. The van der Waals surface area contributed by atoms with E-state index in [1.54, 1.807) is 0 Å². The summed E-state index contributed by atoms with van der Waals surface area (Å²) < 4.78 is 0. The lowest BCUT2D eigenvalue weighted by Gasteiger charge is -2.36. The number of anilines is 2. The Balaban J connectivity index is 1.70. The predicted molar refractivity (Wildman–Crippen MR) is 175 cm³/mol. The topological polar surface area (TPSA) is 30.5 Å². The van der Waals surface area contributed by atoms with Crippen molar-refractivity contribution >= 4 is 27.8 Å². The van der Waals surface area contributed by atoms with Crippen molar-refractivity contribution in [3.8, 4) is 0 Å². The SMILES string of the molecule is CC(C)(C)c1ccc(CN2CCN(Cc3ccc(C(C)(C)C)cc3N[Si](C)(C)C)CC2)c(N[Si](C)(C)C)c1. The summed E-state index contributed by atoms with van der Waals surface area (Å²) >= 11 is 0. The van der Waals surface area contributed by atoms with Crippen LogP contribution < -0.4 is 9.96 Å². The first-order valence-corrected chi connectivity index (χ1v) is 21.6. The molecule has 0 amide bonds. The smallest absolute Gasteiger partial charge is 0.144 e. The quantitative estimate of drug-likeness (QED) is 0.324. The van der Waals surface area contributed by atoms with Crippen LogP contribution in [-0.4, -0.2) is 52.4 Å². The molecule has 0 aromatic heterocycles. The van der Waals surface area contributed by atoms with Gasteiger partial charge in [0.2, 0.25) is 0 Å². The van der Waals surface area contributed by atoms with Gasteiger partial charge in [-0.25, -0.2) is 0 Å². The molecule has 0 radical (unpaired) electrons. The van der Waals surface area contributed by atoms with Crippen LogP contribution in [-0.2, 0) is 23.9 Å². The first kappa shape index (κ1) is 30.9. The third-order valence-electron chi connectivity index (χ3n) is 7.22. The number of rotatable bonds is 8. The number of benzene rings is 2. The summed E-state index contributed by atoms with van der Waals surface area (Å²) in [5, 5.41) is 0. The van der Waals surface area contributed by atoms with Crippen molar-refractivity contribution in [2.75, 3.05) is 36.1 Å². The zero-order valence-electron chi connectivity index (χ0n) is 26.6. The number of piperazine rings is 1. The molecular formula is C32H56N4Si2. The van der Waals surface area contributed by atoms with Gasteiger partial charge >= 0.3 is 0 Å². The Bertz CT molecular complexity index is 989. The summed E-state index contributed by atoms with van der Waals surface area (Å²) in [4.78, 5) is 13.1. The average molecular weight is 553 g/mol. The fraction of sp³-hybridized carbons (Fsp3) is 0.625. The highest BCUT2D eigenvalue weighted by Gasteiger charge is 2.24. The Morgan fingerprint density at radius 1 is 0.579 bits per heavy atom. The van der Waals surface area contributed by atoms with Gasteiger partial charge in [0, 0.05) is 50.6 Å². The van der Waals surface area contributed by atoms with Gasteiger partial charge in [-0.1, -0.05) is 105 Å². The van der Waals surface area contributed by atoms with E-state index in [-0.39, 0.29) is 10.8 Å². The second kappa shape index (κ2) is 11.5. The molecule has 0 aliphatic carbocycles. The van der Waals surface area contributed by atoms with E-state index in [9.17, 15) is 0 Å². The standard InChI is InChI=1S/C32H56N4Si2/c1-31(2,3)27-15-13-25(29(21-27)33-37(7,8)9)23-35-17-19-36(20-18-35)24-26-14-16-28(32(4,5)6)22-30(26)34-38(10,11)12/h13-16,21-22,33-34H,17-20,23-24H2,1-12H3. The maximum absolute atomic E-state index is 3.93. The summed E-state index contributed by atoms with van der Waals surface area (Å²) in [6, 6.07) is 14.3. The summed E-state index contributed by atoms with van der Waals surface area (Å²) in [6.07, 6.45) is 0. The van der Waals surface area contributed by atoms with Crippen molar-refractivity contribution in [2.24, 2.45) is 0 Å². The second-order valence-corrected chi connectivity index (χ2v) is 25.0. The molecule has 0 spiro atoms. The average Bonchev–Trinajstić information content (AvgIpc) is 2.74. The van der Waals surface area contributed by atoms with E-state index in [0.717, 1.165) is 39.3 Å². The van der Waals surface area contributed by atoms with Gasteiger partial charge in [-0.2, -0.15) is 0 Å². The molecule has 3 rings (SSSR count). The highest BCUT2D eigenvalue weighted by Crippen LogP contribution is 2.31. The molecule has 2 aromatic carbocycles. The van der Waals surface area contributed by atoms with Crippen molar-refractivity contribution in [1.82, 2.24) is 9.80 Å². The molecule has 38 heavy (non-hydrogen) atoms. The van der Waals surface area contributed by atoms with Gasteiger partial charge in [0.05, 0.1) is 0 Å². The minimum absolute atomic E-state index is 0.161. The number of nitrogens with one attached hydrogen (secondary N) is 2. The molecule has 212 valence electrons. The Morgan fingerprint density at radius 2 is 0.895 bits per heavy atom. The number of nitrogens with zero attached hydrogens (tertiary/aromatic N) is 2. The molecule has 1 saturated heterocycles. The summed E-state index contributed by atoms with van der Waals surface area (Å²) in [5.74, 6) is 0.